The summed E-state index contributed by atoms with van der Waals surface area (Å²) >= 11 is 0. The lowest BCUT2D eigenvalue weighted by Gasteiger charge is -2.20. The van der Waals surface area contributed by atoms with Crippen LogP contribution in [0.2, 0.25) is 0 Å². The van der Waals surface area contributed by atoms with E-state index in [2.05, 4.69) is 5.32 Å². The average Bonchev–Trinajstić information content (AvgIpc) is 2.41. The van der Waals surface area contributed by atoms with Gasteiger partial charge in [-0.25, -0.2) is 13.2 Å². The minimum Gasteiger partial charge on any atom is -0.309 e. The summed E-state index contributed by atoms with van der Waals surface area (Å²) in [5.74, 6) is -3.77. The maximum absolute atomic E-state index is 13.9. The van der Waals surface area contributed by atoms with Gasteiger partial charge < -0.3 is 5.32 Å². The molecule has 2 aromatic rings. The molecule has 0 aliphatic carbocycles. The molecule has 0 amide bonds. The van der Waals surface area contributed by atoms with E-state index in [0.717, 1.165) is 17.2 Å². The van der Waals surface area contributed by atoms with Gasteiger partial charge in [-0.2, -0.15) is 0 Å². The predicted octanol–water partition coefficient (Wildman–Crippen LogP) is 3.72. The Morgan fingerprint density at radius 2 is 1.58 bits per heavy atom. The van der Waals surface area contributed by atoms with Gasteiger partial charge in [0, 0.05) is 5.56 Å². The Hall–Kier alpha value is -1.81. The van der Waals surface area contributed by atoms with Gasteiger partial charge in [0.2, 0.25) is 0 Å². The van der Waals surface area contributed by atoms with E-state index in [1.54, 1.807) is 7.05 Å². The molecular weight excluding hydrogens is 251 g/mol. The van der Waals surface area contributed by atoms with Gasteiger partial charge in [0.1, 0.15) is 0 Å². The fourth-order valence-corrected chi connectivity index (χ4v) is 2.15. The van der Waals surface area contributed by atoms with Crippen molar-refractivity contribution in [3.8, 4) is 0 Å². The normalized spacial score (nSPS) is 12.5. The maximum Gasteiger partial charge on any atom is 0.194 e. The molecule has 1 nitrogen and oxygen atoms in total. The van der Waals surface area contributed by atoms with Crippen LogP contribution in [0.25, 0.3) is 0 Å². The zero-order valence-electron chi connectivity index (χ0n) is 10.7. The minimum absolute atomic E-state index is 0.0932. The van der Waals surface area contributed by atoms with E-state index in [-0.39, 0.29) is 5.56 Å². The van der Waals surface area contributed by atoms with Crippen molar-refractivity contribution >= 4 is 0 Å². The molecule has 0 saturated carbocycles. The van der Waals surface area contributed by atoms with Crippen molar-refractivity contribution < 1.29 is 13.2 Å². The molecule has 2 aromatic carbocycles. The zero-order chi connectivity index (χ0) is 14.0. The molecule has 1 unspecified atom stereocenters. The molecule has 0 heterocycles. The smallest absolute Gasteiger partial charge is 0.194 e. The standard InChI is InChI=1S/C15H14F3N/c1-9-5-3-4-6-10(9)15(19-2)11-7-8-12(16)14(18)13(11)17/h3-8,15,19H,1-2H3. The topological polar surface area (TPSA) is 12.0 Å². The fraction of sp³-hybridized carbons (Fsp3) is 0.200. The van der Waals surface area contributed by atoms with Crippen LogP contribution in [0.15, 0.2) is 36.4 Å². The third kappa shape index (κ3) is 2.49. The predicted molar refractivity (Wildman–Crippen MR) is 68.4 cm³/mol. The quantitative estimate of drug-likeness (QED) is 0.834. The van der Waals surface area contributed by atoms with Crippen LogP contribution in [-0.4, -0.2) is 7.05 Å². The number of hydrogen-bond donors (Lipinski definition) is 1. The molecular formula is C15H14F3N. The van der Waals surface area contributed by atoms with Gasteiger partial charge in [-0.05, 0) is 31.2 Å². The molecule has 0 saturated heterocycles. The molecule has 2 rings (SSSR count). The molecule has 4 heteroatoms. The van der Waals surface area contributed by atoms with Crippen LogP contribution in [0, 0.1) is 24.4 Å². The first kappa shape index (κ1) is 13.6. The van der Waals surface area contributed by atoms with Crippen LogP contribution in [0.3, 0.4) is 0 Å². The monoisotopic (exact) mass is 265 g/mol. The summed E-state index contributed by atoms with van der Waals surface area (Å²) in [6.45, 7) is 1.89. The van der Waals surface area contributed by atoms with E-state index in [1.165, 1.54) is 6.07 Å². The third-order valence-electron chi connectivity index (χ3n) is 3.16. The van der Waals surface area contributed by atoms with E-state index in [0.29, 0.717) is 0 Å². The van der Waals surface area contributed by atoms with Crippen molar-refractivity contribution in [3.05, 3.63) is 70.5 Å². The summed E-state index contributed by atoms with van der Waals surface area (Å²) in [6, 6.07) is 9.10. The van der Waals surface area contributed by atoms with Crippen LogP contribution in [-0.2, 0) is 0 Å². The van der Waals surface area contributed by atoms with Gasteiger partial charge >= 0.3 is 0 Å². The molecule has 0 bridgehead atoms. The first-order chi connectivity index (χ1) is 9.06. The number of aryl methyl sites for hydroxylation is 1. The summed E-state index contributed by atoms with van der Waals surface area (Å²) in [5.41, 5.74) is 1.87. The van der Waals surface area contributed by atoms with Crippen LogP contribution in [0.4, 0.5) is 13.2 Å². The second-order valence-corrected chi connectivity index (χ2v) is 4.34. The summed E-state index contributed by atoms with van der Waals surface area (Å²) in [6.07, 6.45) is 0. The van der Waals surface area contributed by atoms with Crippen molar-refractivity contribution in [2.75, 3.05) is 7.05 Å². The Morgan fingerprint density at radius 1 is 0.895 bits per heavy atom. The van der Waals surface area contributed by atoms with Gasteiger partial charge in [-0.1, -0.05) is 30.3 Å². The van der Waals surface area contributed by atoms with E-state index >= 15 is 0 Å². The Morgan fingerprint density at radius 3 is 2.21 bits per heavy atom. The van der Waals surface area contributed by atoms with Gasteiger partial charge in [0.25, 0.3) is 0 Å². The first-order valence-corrected chi connectivity index (χ1v) is 5.92. The Bertz CT molecular complexity index is 596. The summed E-state index contributed by atoms with van der Waals surface area (Å²) in [7, 11) is 1.65. The molecule has 0 fully saturated rings. The summed E-state index contributed by atoms with van der Waals surface area (Å²) in [5, 5.41) is 2.93. The number of nitrogens with one attached hydrogen (secondary N) is 1. The zero-order valence-corrected chi connectivity index (χ0v) is 10.7. The number of halogens is 3. The highest BCUT2D eigenvalue weighted by molar-refractivity contribution is 5.37. The molecule has 0 spiro atoms. The SMILES string of the molecule is CNC(c1ccccc1C)c1ccc(F)c(F)c1F. The largest absolute Gasteiger partial charge is 0.309 e. The van der Waals surface area contributed by atoms with Gasteiger partial charge in [0.15, 0.2) is 17.5 Å². The van der Waals surface area contributed by atoms with E-state index in [9.17, 15) is 13.2 Å². The molecule has 0 aliphatic heterocycles. The van der Waals surface area contributed by atoms with Gasteiger partial charge in [-0.15, -0.1) is 0 Å². The summed E-state index contributed by atoms with van der Waals surface area (Å²) in [4.78, 5) is 0. The lowest BCUT2D eigenvalue weighted by Crippen LogP contribution is -2.20. The molecule has 0 aliphatic rings. The van der Waals surface area contributed by atoms with Crippen LogP contribution in [0.1, 0.15) is 22.7 Å². The van der Waals surface area contributed by atoms with Crippen LogP contribution in [0.5, 0.6) is 0 Å². The molecule has 1 atom stereocenters. The maximum atomic E-state index is 13.9. The Kier molecular flexibility index (Phi) is 3.90. The molecule has 100 valence electrons. The highest BCUT2D eigenvalue weighted by Gasteiger charge is 2.21. The van der Waals surface area contributed by atoms with Crippen molar-refractivity contribution in [1.29, 1.82) is 0 Å². The Labute approximate surface area is 110 Å². The lowest BCUT2D eigenvalue weighted by molar-refractivity contribution is 0.435. The van der Waals surface area contributed by atoms with Gasteiger partial charge in [0.05, 0.1) is 6.04 Å². The molecule has 0 aromatic heterocycles. The van der Waals surface area contributed by atoms with E-state index in [4.69, 9.17) is 0 Å². The second kappa shape index (κ2) is 5.45. The highest BCUT2D eigenvalue weighted by Crippen LogP contribution is 2.28. The average molecular weight is 265 g/mol. The van der Waals surface area contributed by atoms with E-state index < -0.39 is 23.5 Å². The first-order valence-electron chi connectivity index (χ1n) is 5.92. The second-order valence-electron chi connectivity index (χ2n) is 4.34. The third-order valence-corrected chi connectivity index (χ3v) is 3.16. The van der Waals surface area contributed by atoms with Crippen LogP contribution >= 0.6 is 0 Å². The number of rotatable bonds is 3. The van der Waals surface area contributed by atoms with E-state index in [1.807, 2.05) is 31.2 Å². The highest BCUT2D eigenvalue weighted by atomic mass is 19.2. The van der Waals surface area contributed by atoms with Crippen molar-refractivity contribution in [2.45, 2.75) is 13.0 Å². The minimum atomic E-state index is -1.44. The molecule has 19 heavy (non-hydrogen) atoms. The fourth-order valence-electron chi connectivity index (χ4n) is 2.15. The number of benzene rings is 2. The van der Waals surface area contributed by atoms with Crippen molar-refractivity contribution in [3.63, 3.8) is 0 Å². The molecule has 0 radical (unpaired) electrons. The molecule has 1 N–H and O–H groups in total. The van der Waals surface area contributed by atoms with Crippen molar-refractivity contribution in [2.24, 2.45) is 0 Å². The Balaban J connectivity index is 2.55. The lowest BCUT2D eigenvalue weighted by atomic mass is 9.94. The van der Waals surface area contributed by atoms with Crippen LogP contribution < -0.4 is 5.32 Å². The number of hydrogen-bond acceptors (Lipinski definition) is 1. The van der Waals surface area contributed by atoms with Gasteiger partial charge in [-0.3, -0.25) is 0 Å². The summed E-state index contributed by atoms with van der Waals surface area (Å²) < 4.78 is 40.2. The van der Waals surface area contributed by atoms with Crippen molar-refractivity contribution in [1.82, 2.24) is 5.32 Å².